The number of alkyl halides is 3. The minimum atomic E-state index is -4.33. The second-order valence-electron chi connectivity index (χ2n) is 7.09. The number of aromatic nitrogens is 1. The Hall–Kier alpha value is -3.22. The summed E-state index contributed by atoms with van der Waals surface area (Å²) in [6.07, 6.45) is -3.91. The summed E-state index contributed by atoms with van der Waals surface area (Å²) in [5.74, 6) is 0.609. The molecule has 1 aromatic heterocycles. The monoisotopic (exact) mass is 398 g/mol. The van der Waals surface area contributed by atoms with Crippen LogP contribution in [0.15, 0.2) is 60.7 Å². The third kappa shape index (κ3) is 3.85. The van der Waals surface area contributed by atoms with Crippen molar-refractivity contribution in [2.45, 2.75) is 18.6 Å². The fraction of sp³-hybridized carbons (Fsp3) is 0.227. The predicted molar refractivity (Wildman–Crippen MR) is 110 cm³/mol. The largest absolute Gasteiger partial charge is 0.405 e. The number of rotatable bonds is 4. The molecule has 0 amide bonds. The number of halogens is 3. The number of hydrogen-bond acceptors (Lipinski definition) is 4. The second-order valence-corrected chi connectivity index (χ2v) is 7.09. The Morgan fingerprint density at radius 1 is 1.10 bits per heavy atom. The van der Waals surface area contributed by atoms with Crippen molar-refractivity contribution >= 4 is 17.2 Å². The van der Waals surface area contributed by atoms with Crippen molar-refractivity contribution in [3.63, 3.8) is 0 Å². The predicted octanol–water partition coefficient (Wildman–Crippen LogP) is 5.04. The number of anilines is 3. The van der Waals surface area contributed by atoms with Crippen LogP contribution in [0.4, 0.5) is 30.4 Å². The summed E-state index contributed by atoms with van der Waals surface area (Å²) in [6, 6.07) is 17.9. The zero-order valence-electron chi connectivity index (χ0n) is 15.9. The third-order valence-corrected chi connectivity index (χ3v) is 5.18. The van der Waals surface area contributed by atoms with Crippen LogP contribution in [0.5, 0.6) is 0 Å². The van der Waals surface area contributed by atoms with Crippen LogP contribution in [0.3, 0.4) is 0 Å². The summed E-state index contributed by atoms with van der Waals surface area (Å²) in [5.41, 5.74) is 10.3. The smallest absolute Gasteiger partial charge is 0.398 e. The number of nitrogens with two attached hydrogens (primary N) is 1. The fourth-order valence-electron chi connectivity index (χ4n) is 3.87. The minimum absolute atomic E-state index is 0.416. The van der Waals surface area contributed by atoms with Gasteiger partial charge in [-0.1, -0.05) is 36.4 Å². The van der Waals surface area contributed by atoms with Crippen LogP contribution in [0.2, 0.25) is 0 Å². The lowest BCUT2D eigenvalue weighted by atomic mass is 9.99. The molecule has 1 atom stereocenters. The van der Waals surface area contributed by atoms with Crippen molar-refractivity contribution in [3.05, 3.63) is 71.8 Å². The molecule has 150 valence electrons. The van der Waals surface area contributed by atoms with Crippen LogP contribution < -0.4 is 16.0 Å². The van der Waals surface area contributed by atoms with Gasteiger partial charge in [0.25, 0.3) is 0 Å². The van der Waals surface area contributed by atoms with Crippen molar-refractivity contribution in [2.75, 3.05) is 29.5 Å². The van der Waals surface area contributed by atoms with Gasteiger partial charge in [-0.05, 0) is 29.8 Å². The van der Waals surface area contributed by atoms with E-state index in [2.05, 4.69) is 10.3 Å². The molecule has 4 rings (SSSR count). The molecular weight excluding hydrogens is 377 g/mol. The second kappa shape index (κ2) is 7.31. The first-order valence-electron chi connectivity index (χ1n) is 9.31. The Morgan fingerprint density at radius 2 is 1.86 bits per heavy atom. The maximum absolute atomic E-state index is 13.4. The van der Waals surface area contributed by atoms with Crippen LogP contribution in [0.25, 0.3) is 11.3 Å². The third-order valence-electron chi connectivity index (χ3n) is 5.18. The van der Waals surface area contributed by atoms with Gasteiger partial charge in [0, 0.05) is 36.0 Å². The van der Waals surface area contributed by atoms with Crippen molar-refractivity contribution in [2.24, 2.45) is 0 Å². The molecule has 3 N–H and O–H groups in total. The molecule has 0 bridgehead atoms. The first-order valence-corrected chi connectivity index (χ1v) is 9.31. The average Bonchev–Trinajstić information content (AvgIpc) is 3.06. The Kier molecular flexibility index (Phi) is 4.82. The van der Waals surface area contributed by atoms with Gasteiger partial charge in [-0.2, -0.15) is 13.2 Å². The SMILES string of the molecule is CNc1cc(C2Cc3c(N)cccc3N2CC(F)(F)F)cc(-c2ccccc2)n1. The van der Waals surface area contributed by atoms with Gasteiger partial charge < -0.3 is 16.0 Å². The maximum atomic E-state index is 13.4. The van der Waals surface area contributed by atoms with E-state index in [1.54, 1.807) is 25.2 Å². The molecule has 29 heavy (non-hydrogen) atoms. The van der Waals surface area contributed by atoms with Crippen LogP contribution in [-0.4, -0.2) is 24.8 Å². The van der Waals surface area contributed by atoms with E-state index >= 15 is 0 Å². The van der Waals surface area contributed by atoms with Gasteiger partial charge in [0.1, 0.15) is 12.4 Å². The zero-order valence-corrected chi connectivity index (χ0v) is 15.9. The molecule has 7 heteroatoms. The van der Waals surface area contributed by atoms with E-state index in [-0.39, 0.29) is 0 Å². The number of nitrogen functional groups attached to an aromatic ring is 1. The lowest BCUT2D eigenvalue weighted by Gasteiger charge is -2.29. The van der Waals surface area contributed by atoms with E-state index in [4.69, 9.17) is 5.73 Å². The van der Waals surface area contributed by atoms with E-state index in [9.17, 15) is 13.2 Å². The van der Waals surface area contributed by atoms with E-state index in [0.717, 1.165) is 16.7 Å². The van der Waals surface area contributed by atoms with E-state index in [1.807, 2.05) is 42.5 Å². The Bertz CT molecular complexity index is 1020. The fourth-order valence-corrected chi connectivity index (χ4v) is 3.87. The molecule has 0 aliphatic carbocycles. The molecular formula is C22H21F3N4. The molecule has 0 radical (unpaired) electrons. The highest BCUT2D eigenvalue weighted by Gasteiger charge is 2.39. The molecule has 1 unspecified atom stereocenters. The van der Waals surface area contributed by atoms with Crippen LogP contribution in [0.1, 0.15) is 17.2 Å². The maximum Gasteiger partial charge on any atom is 0.405 e. The highest BCUT2D eigenvalue weighted by molar-refractivity contribution is 5.71. The standard InChI is InChI=1S/C22H21F3N4/c1-27-21-11-15(10-18(28-21)14-6-3-2-4-7-14)20-12-16-17(26)8-5-9-19(16)29(20)13-22(23,24)25/h2-11,20H,12-13,26H2,1H3,(H,27,28). The summed E-state index contributed by atoms with van der Waals surface area (Å²) in [4.78, 5) is 5.98. The lowest BCUT2D eigenvalue weighted by Crippen LogP contribution is -2.35. The molecule has 1 aliphatic rings. The summed E-state index contributed by atoms with van der Waals surface area (Å²) < 4.78 is 40.1. The normalized spacial score (nSPS) is 16.0. The van der Waals surface area contributed by atoms with Gasteiger partial charge in [0.2, 0.25) is 0 Å². The van der Waals surface area contributed by atoms with Crippen LogP contribution >= 0.6 is 0 Å². The van der Waals surface area contributed by atoms with Gasteiger partial charge in [-0.25, -0.2) is 4.98 Å². The number of hydrogen-bond donors (Lipinski definition) is 2. The van der Waals surface area contributed by atoms with Crippen molar-refractivity contribution in [3.8, 4) is 11.3 Å². The molecule has 2 aromatic carbocycles. The van der Waals surface area contributed by atoms with Crippen molar-refractivity contribution < 1.29 is 13.2 Å². The molecule has 0 spiro atoms. The van der Waals surface area contributed by atoms with Gasteiger partial charge in [0.15, 0.2) is 0 Å². The van der Waals surface area contributed by atoms with Crippen molar-refractivity contribution in [1.29, 1.82) is 0 Å². The van der Waals surface area contributed by atoms with Crippen LogP contribution in [0, 0.1) is 0 Å². The van der Waals surface area contributed by atoms with E-state index < -0.39 is 18.8 Å². The number of nitrogens with zero attached hydrogens (tertiary/aromatic N) is 2. The Labute approximate surface area is 167 Å². The molecule has 0 saturated carbocycles. The first kappa shape index (κ1) is 19.1. The molecule has 0 fully saturated rings. The van der Waals surface area contributed by atoms with Gasteiger partial charge in [0.05, 0.1) is 11.7 Å². The quantitative estimate of drug-likeness (QED) is 0.605. The lowest BCUT2D eigenvalue weighted by molar-refractivity contribution is -0.120. The van der Waals surface area contributed by atoms with Gasteiger partial charge >= 0.3 is 6.18 Å². The summed E-state index contributed by atoms with van der Waals surface area (Å²) in [7, 11) is 1.75. The minimum Gasteiger partial charge on any atom is -0.398 e. The van der Waals surface area contributed by atoms with E-state index in [1.165, 1.54) is 4.90 Å². The number of nitrogens with one attached hydrogen (secondary N) is 1. The summed E-state index contributed by atoms with van der Waals surface area (Å²) in [6.45, 7) is -1.04. The van der Waals surface area contributed by atoms with Gasteiger partial charge in [-0.15, -0.1) is 0 Å². The molecule has 1 aliphatic heterocycles. The number of benzene rings is 2. The topological polar surface area (TPSA) is 54.2 Å². The highest BCUT2D eigenvalue weighted by atomic mass is 19.4. The molecule has 0 saturated heterocycles. The molecule has 2 heterocycles. The van der Waals surface area contributed by atoms with E-state index in [0.29, 0.717) is 29.3 Å². The number of pyridine rings is 1. The molecule has 4 nitrogen and oxygen atoms in total. The zero-order chi connectivity index (χ0) is 20.6. The van der Waals surface area contributed by atoms with Crippen LogP contribution in [-0.2, 0) is 6.42 Å². The Balaban J connectivity index is 1.81. The summed E-state index contributed by atoms with van der Waals surface area (Å²) >= 11 is 0. The highest BCUT2D eigenvalue weighted by Crippen LogP contribution is 2.45. The average molecular weight is 398 g/mol. The number of fused-ring (bicyclic) bond motifs is 1. The molecule has 3 aromatic rings. The van der Waals surface area contributed by atoms with Crippen molar-refractivity contribution in [1.82, 2.24) is 4.98 Å². The first-order chi connectivity index (χ1) is 13.9. The summed E-state index contributed by atoms with van der Waals surface area (Å²) in [5, 5.41) is 3.02. The van der Waals surface area contributed by atoms with Gasteiger partial charge in [-0.3, -0.25) is 0 Å². The Morgan fingerprint density at radius 3 is 2.55 bits per heavy atom.